The largest absolute Gasteiger partial charge is 0.508 e. The molecule has 44 heavy (non-hydrogen) atoms. The summed E-state index contributed by atoms with van der Waals surface area (Å²) in [6.07, 6.45) is 3.43. The van der Waals surface area contributed by atoms with Crippen LogP contribution in [0.15, 0.2) is 97.1 Å². The summed E-state index contributed by atoms with van der Waals surface area (Å²) in [5.41, 5.74) is 5.58. The normalized spacial score (nSPS) is 13.0. The van der Waals surface area contributed by atoms with Gasteiger partial charge in [-0.2, -0.15) is 0 Å². The zero-order valence-electron chi connectivity index (χ0n) is 25.4. The van der Waals surface area contributed by atoms with Crippen LogP contribution in [0.2, 0.25) is 0 Å². The molecular weight excluding hydrogens is 550 g/mol. The first-order valence-corrected chi connectivity index (χ1v) is 15.4. The Morgan fingerprint density at radius 3 is 2.25 bits per heavy atom. The van der Waals surface area contributed by atoms with Crippen LogP contribution in [0, 0.1) is 0 Å². The molecule has 2 N–H and O–H groups in total. The molecule has 0 radical (unpaired) electrons. The molecule has 1 aliphatic heterocycles. The van der Waals surface area contributed by atoms with Crippen molar-refractivity contribution >= 4 is 11.8 Å². The Labute approximate surface area is 260 Å². The fraction of sp³-hybridized carbons (Fsp3) is 0.297. The summed E-state index contributed by atoms with van der Waals surface area (Å²) < 4.78 is 5.26. The Morgan fingerprint density at radius 1 is 0.841 bits per heavy atom. The van der Waals surface area contributed by atoms with Crippen LogP contribution in [0.25, 0.3) is 11.1 Å². The average molecular weight is 592 g/mol. The standard InChI is InChI=1S/C37H41N3O4/c1-44-35-16-12-29(13-17-35)25-36(42)40(22-18-28-10-14-34(41)15-11-28)27-30-6-4-7-31(24-30)32-8-5-9-33(26-32)37(43)38-19-23-39-20-2-3-21-39/h4-17,24,26,41H,2-3,18-23,25,27H2,1H3,(H,38,43). The minimum Gasteiger partial charge on any atom is -0.508 e. The zero-order chi connectivity index (χ0) is 30.7. The van der Waals surface area contributed by atoms with E-state index in [1.165, 1.54) is 12.8 Å². The number of carbonyl (C=O) groups excluding carboxylic acids is 2. The quantitative estimate of drug-likeness (QED) is 0.208. The number of nitrogens with one attached hydrogen (secondary N) is 1. The Bertz CT molecular complexity index is 1530. The molecule has 0 bridgehead atoms. The fourth-order valence-corrected chi connectivity index (χ4v) is 5.59. The summed E-state index contributed by atoms with van der Waals surface area (Å²) in [4.78, 5) is 30.8. The number of nitrogens with zero attached hydrogens (tertiary/aromatic N) is 2. The van der Waals surface area contributed by atoms with Gasteiger partial charge < -0.3 is 25.0 Å². The van der Waals surface area contributed by atoms with Crippen molar-refractivity contribution in [2.24, 2.45) is 0 Å². The lowest BCUT2D eigenvalue weighted by Gasteiger charge is -2.24. The van der Waals surface area contributed by atoms with Gasteiger partial charge in [0.1, 0.15) is 11.5 Å². The molecule has 0 unspecified atom stereocenters. The van der Waals surface area contributed by atoms with E-state index < -0.39 is 0 Å². The van der Waals surface area contributed by atoms with Gasteiger partial charge in [-0.05, 0) is 103 Å². The molecule has 228 valence electrons. The van der Waals surface area contributed by atoms with Crippen molar-refractivity contribution < 1.29 is 19.4 Å². The second-order valence-electron chi connectivity index (χ2n) is 11.3. The average Bonchev–Trinajstić information content (AvgIpc) is 3.58. The number of aromatic hydroxyl groups is 1. The molecule has 4 aromatic rings. The van der Waals surface area contributed by atoms with Gasteiger partial charge in [0.05, 0.1) is 13.5 Å². The summed E-state index contributed by atoms with van der Waals surface area (Å²) in [7, 11) is 1.63. The molecule has 7 nitrogen and oxygen atoms in total. The van der Waals surface area contributed by atoms with Crippen LogP contribution in [0.1, 0.15) is 39.9 Å². The highest BCUT2D eigenvalue weighted by atomic mass is 16.5. The first-order chi connectivity index (χ1) is 21.5. The Morgan fingerprint density at radius 2 is 1.52 bits per heavy atom. The van der Waals surface area contributed by atoms with Crippen LogP contribution in [-0.2, 0) is 24.2 Å². The van der Waals surface area contributed by atoms with E-state index >= 15 is 0 Å². The van der Waals surface area contributed by atoms with Crippen molar-refractivity contribution in [3.05, 3.63) is 119 Å². The van der Waals surface area contributed by atoms with Crippen LogP contribution in [-0.4, -0.2) is 66.6 Å². The van der Waals surface area contributed by atoms with Gasteiger partial charge in [0.2, 0.25) is 5.91 Å². The number of likely N-dealkylation sites (tertiary alicyclic amines) is 1. The lowest BCUT2D eigenvalue weighted by atomic mass is 10.0. The third-order valence-electron chi connectivity index (χ3n) is 8.14. The predicted octanol–water partition coefficient (Wildman–Crippen LogP) is 5.71. The van der Waals surface area contributed by atoms with E-state index in [2.05, 4.69) is 16.3 Å². The molecule has 0 aliphatic carbocycles. The molecule has 1 saturated heterocycles. The van der Waals surface area contributed by atoms with E-state index in [9.17, 15) is 14.7 Å². The molecule has 1 heterocycles. The smallest absolute Gasteiger partial charge is 0.251 e. The Kier molecular flexibility index (Phi) is 10.7. The maximum atomic E-state index is 13.6. The van der Waals surface area contributed by atoms with Gasteiger partial charge in [-0.15, -0.1) is 0 Å². The van der Waals surface area contributed by atoms with Crippen LogP contribution >= 0.6 is 0 Å². The monoisotopic (exact) mass is 591 g/mol. The van der Waals surface area contributed by atoms with Gasteiger partial charge >= 0.3 is 0 Å². The highest BCUT2D eigenvalue weighted by Crippen LogP contribution is 2.23. The first kappa shape index (κ1) is 30.8. The van der Waals surface area contributed by atoms with E-state index in [1.54, 1.807) is 19.2 Å². The molecule has 0 saturated carbocycles. The number of phenols is 1. The van der Waals surface area contributed by atoms with Crippen LogP contribution < -0.4 is 10.1 Å². The molecule has 2 amide bonds. The summed E-state index contributed by atoms with van der Waals surface area (Å²) in [6, 6.07) is 30.6. The van der Waals surface area contributed by atoms with E-state index in [-0.39, 0.29) is 24.0 Å². The molecule has 0 atom stereocenters. The number of carbonyl (C=O) groups is 2. The van der Waals surface area contributed by atoms with E-state index in [0.29, 0.717) is 31.6 Å². The number of hydrogen-bond acceptors (Lipinski definition) is 5. The molecule has 5 rings (SSSR count). The SMILES string of the molecule is COc1ccc(CC(=O)N(CCc2ccc(O)cc2)Cc2cccc(-c3cccc(C(=O)NCCN4CCCC4)c3)c2)cc1. The van der Waals surface area contributed by atoms with Gasteiger partial charge in [-0.1, -0.05) is 54.6 Å². The number of methoxy groups -OCH3 is 1. The molecule has 1 fully saturated rings. The van der Waals surface area contributed by atoms with Crippen LogP contribution in [0.5, 0.6) is 11.5 Å². The van der Waals surface area contributed by atoms with Crippen molar-refractivity contribution in [2.45, 2.75) is 32.2 Å². The highest BCUT2D eigenvalue weighted by molar-refractivity contribution is 5.95. The summed E-state index contributed by atoms with van der Waals surface area (Å²) in [5.74, 6) is 0.950. The molecule has 7 heteroatoms. The van der Waals surface area contributed by atoms with E-state index in [0.717, 1.165) is 53.2 Å². The van der Waals surface area contributed by atoms with Crippen molar-refractivity contribution in [2.75, 3.05) is 39.8 Å². The van der Waals surface area contributed by atoms with E-state index in [4.69, 9.17) is 4.74 Å². The van der Waals surface area contributed by atoms with Gasteiger partial charge in [0.15, 0.2) is 0 Å². The number of benzene rings is 4. The number of hydrogen-bond donors (Lipinski definition) is 2. The third-order valence-corrected chi connectivity index (χ3v) is 8.14. The second-order valence-corrected chi connectivity index (χ2v) is 11.3. The number of amides is 2. The number of ether oxygens (including phenoxy) is 1. The Balaban J connectivity index is 1.28. The minimum atomic E-state index is -0.0632. The third kappa shape index (κ3) is 8.71. The Hall–Kier alpha value is -4.62. The maximum absolute atomic E-state index is 13.6. The van der Waals surface area contributed by atoms with Gasteiger partial charge in [-0.25, -0.2) is 0 Å². The highest BCUT2D eigenvalue weighted by Gasteiger charge is 2.17. The lowest BCUT2D eigenvalue weighted by molar-refractivity contribution is -0.131. The summed E-state index contributed by atoms with van der Waals surface area (Å²) in [5, 5.41) is 12.7. The van der Waals surface area contributed by atoms with Crippen molar-refractivity contribution in [3.63, 3.8) is 0 Å². The topological polar surface area (TPSA) is 82.1 Å². The van der Waals surface area contributed by atoms with E-state index in [1.807, 2.05) is 83.8 Å². The van der Waals surface area contributed by atoms with Crippen molar-refractivity contribution in [1.82, 2.24) is 15.1 Å². The van der Waals surface area contributed by atoms with Gasteiger partial charge in [-0.3, -0.25) is 9.59 Å². The lowest BCUT2D eigenvalue weighted by Crippen LogP contribution is -2.33. The second kappa shape index (κ2) is 15.2. The summed E-state index contributed by atoms with van der Waals surface area (Å²) >= 11 is 0. The predicted molar refractivity (Wildman–Crippen MR) is 174 cm³/mol. The van der Waals surface area contributed by atoms with Gasteiger partial charge in [0.25, 0.3) is 5.91 Å². The summed E-state index contributed by atoms with van der Waals surface area (Å²) in [6.45, 7) is 4.75. The molecule has 1 aliphatic rings. The zero-order valence-corrected chi connectivity index (χ0v) is 25.4. The molecule has 0 aromatic heterocycles. The van der Waals surface area contributed by atoms with Crippen LogP contribution in [0.4, 0.5) is 0 Å². The number of rotatable bonds is 13. The maximum Gasteiger partial charge on any atom is 0.251 e. The van der Waals surface area contributed by atoms with Crippen LogP contribution in [0.3, 0.4) is 0 Å². The molecular formula is C37H41N3O4. The van der Waals surface area contributed by atoms with Gasteiger partial charge in [0, 0.05) is 31.7 Å². The van der Waals surface area contributed by atoms with Crippen molar-refractivity contribution in [3.8, 4) is 22.6 Å². The molecule has 0 spiro atoms. The minimum absolute atomic E-state index is 0.0342. The number of phenolic OH excluding ortho intramolecular Hbond substituents is 1. The first-order valence-electron chi connectivity index (χ1n) is 15.4. The molecule has 4 aromatic carbocycles. The van der Waals surface area contributed by atoms with Crippen molar-refractivity contribution in [1.29, 1.82) is 0 Å². The fourth-order valence-electron chi connectivity index (χ4n) is 5.59.